The molecule has 0 radical (unpaired) electrons. The Kier molecular flexibility index (Phi) is 2.04. The van der Waals surface area contributed by atoms with E-state index in [2.05, 4.69) is 20.9 Å². The average Bonchev–Trinajstić information content (AvgIpc) is 2.42. The minimum absolute atomic E-state index is 0.348. The van der Waals surface area contributed by atoms with E-state index in [4.69, 9.17) is 0 Å². The van der Waals surface area contributed by atoms with Gasteiger partial charge < -0.3 is 5.11 Å². The van der Waals surface area contributed by atoms with Gasteiger partial charge in [-0.3, -0.25) is 0 Å². The molecular formula is C9H8BrNOS. The lowest BCUT2D eigenvalue weighted by Gasteiger charge is -2.02. The summed E-state index contributed by atoms with van der Waals surface area (Å²) >= 11 is 4.87. The summed E-state index contributed by atoms with van der Waals surface area (Å²) in [5.74, 6) is 0.348. The molecule has 1 N–H and O–H groups in total. The molecule has 1 aromatic heterocycles. The molecule has 0 aliphatic heterocycles. The number of thiazole rings is 1. The number of phenolic OH excluding ortho intramolecular Hbond substituents is 1. The highest BCUT2D eigenvalue weighted by molar-refractivity contribution is 9.11. The van der Waals surface area contributed by atoms with Crippen molar-refractivity contribution in [2.75, 3.05) is 0 Å². The fourth-order valence-electron chi connectivity index (χ4n) is 1.27. The van der Waals surface area contributed by atoms with Crippen LogP contribution in [0.4, 0.5) is 0 Å². The van der Waals surface area contributed by atoms with Crippen LogP contribution in [0.5, 0.6) is 5.75 Å². The second-order valence-corrected chi connectivity index (χ2v) is 5.27. The normalized spacial score (nSPS) is 11.0. The standard InChI is InChI=1S/C9H8BrNOS/c1-4-5(2)8-7(3-6(4)12)13-9(10)11-8/h3,12H,1-2H3. The van der Waals surface area contributed by atoms with Crippen molar-refractivity contribution in [1.29, 1.82) is 0 Å². The van der Waals surface area contributed by atoms with Crippen LogP contribution in [0.25, 0.3) is 10.2 Å². The fraction of sp³-hybridized carbons (Fsp3) is 0.222. The first-order valence-corrected chi connectivity index (χ1v) is 5.45. The molecule has 0 atom stereocenters. The van der Waals surface area contributed by atoms with E-state index in [0.717, 1.165) is 25.3 Å². The SMILES string of the molecule is Cc1c(O)cc2sc(Br)nc2c1C. The maximum absolute atomic E-state index is 9.57. The second-order valence-electron chi connectivity index (χ2n) is 2.96. The average molecular weight is 258 g/mol. The molecule has 0 aliphatic carbocycles. The largest absolute Gasteiger partial charge is 0.508 e. The molecule has 1 aromatic carbocycles. The Morgan fingerprint density at radius 2 is 2.08 bits per heavy atom. The van der Waals surface area contributed by atoms with Crippen LogP contribution in [0.3, 0.4) is 0 Å². The summed E-state index contributed by atoms with van der Waals surface area (Å²) in [6.45, 7) is 3.88. The molecule has 2 nitrogen and oxygen atoms in total. The number of aromatic nitrogens is 1. The predicted molar refractivity (Wildman–Crippen MR) is 58.5 cm³/mol. The third-order valence-electron chi connectivity index (χ3n) is 2.20. The summed E-state index contributed by atoms with van der Waals surface area (Å²) in [6.07, 6.45) is 0. The Bertz CT molecular complexity index is 478. The fourth-order valence-corrected chi connectivity index (χ4v) is 2.76. The molecule has 0 saturated heterocycles. The quantitative estimate of drug-likeness (QED) is 0.785. The Morgan fingerprint density at radius 3 is 2.77 bits per heavy atom. The maximum atomic E-state index is 9.57. The van der Waals surface area contributed by atoms with E-state index in [1.54, 1.807) is 6.07 Å². The molecule has 0 bridgehead atoms. The Hall–Kier alpha value is -0.610. The van der Waals surface area contributed by atoms with Crippen LogP contribution in [-0.4, -0.2) is 10.1 Å². The molecule has 2 aromatic rings. The van der Waals surface area contributed by atoms with E-state index in [-0.39, 0.29) is 0 Å². The topological polar surface area (TPSA) is 33.1 Å². The van der Waals surface area contributed by atoms with Gasteiger partial charge in [-0.05, 0) is 47.0 Å². The first-order chi connectivity index (χ1) is 6.09. The van der Waals surface area contributed by atoms with Crippen molar-refractivity contribution in [3.05, 3.63) is 21.1 Å². The smallest absolute Gasteiger partial charge is 0.160 e. The summed E-state index contributed by atoms with van der Waals surface area (Å²) in [7, 11) is 0. The molecule has 0 fully saturated rings. The van der Waals surface area contributed by atoms with Crippen molar-refractivity contribution in [3.63, 3.8) is 0 Å². The lowest BCUT2D eigenvalue weighted by Crippen LogP contribution is -1.83. The monoisotopic (exact) mass is 257 g/mol. The first-order valence-electron chi connectivity index (χ1n) is 3.85. The van der Waals surface area contributed by atoms with E-state index < -0.39 is 0 Å². The van der Waals surface area contributed by atoms with Crippen LogP contribution in [-0.2, 0) is 0 Å². The first kappa shape index (κ1) is 8.97. The van der Waals surface area contributed by atoms with Gasteiger partial charge in [-0.15, -0.1) is 11.3 Å². The summed E-state index contributed by atoms with van der Waals surface area (Å²) in [6, 6.07) is 1.76. The molecular weight excluding hydrogens is 250 g/mol. The second kappa shape index (κ2) is 2.96. The van der Waals surface area contributed by atoms with Gasteiger partial charge in [0, 0.05) is 0 Å². The zero-order chi connectivity index (χ0) is 9.59. The highest BCUT2D eigenvalue weighted by atomic mass is 79.9. The summed E-state index contributed by atoms with van der Waals surface area (Å²) in [5, 5.41) is 9.57. The zero-order valence-electron chi connectivity index (χ0n) is 7.26. The zero-order valence-corrected chi connectivity index (χ0v) is 9.66. The third-order valence-corrected chi connectivity index (χ3v) is 3.65. The van der Waals surface area contributed by atoms with Gasteiger partial charge in [0.05, 0.1) is 10.2 Å². The highest BCUT2D eigenvalue weighted by Crippen LogP contribution is 2.34. The van der Waals surface area contributed by atoms with Gasteiger partial charge in [-0.25, -0.2) is 4.98 Å². The van der Waals surface area contributed by atoms with E-state index in [1.807, 2.05) is 13.8 Å². The lowest BCUT2D eigenvalue weighted by atomic mass is 10.1. The maximum Gasteiger partial charge on any atom is 0.160 e. The minimum atomic E-state index is 0.348. The van der Waals surface area contributed by atoms with Gasteiger partial charge in [0.25, 0.3) is 0 Å². The number of fused-ring (bicyclic) bond motifs is 1. The van der Waals surface area contributed by atoms with Crippen LogP contribution < -0.4 is 0 Å². The van der Waals surface area contributed by atoms with E-state index in [0.29, 0.717) is 5.75 Å². The van der Waals surface area contributed by atoms with Crippen molar-refractivity contribution < 1.29 is 5.11 Å². The Morgan fingerprint density at radius 1 is 1.38 bits per heavy atom. The van der Waals surface area contributed by atoms with Crippen molar-refractivity contribution >= 4 is 37.5 Å². The van der Waals surface area contributed by atoms with E-state index in [1.165, 1.54) is 11.3 Å². The number of nitrogens with zero attached hydrogens (tertiary/aromatic N) is 1. The number of aromatic hydroxyl groups is 1. The van der Waals surface area contributed by atoms with Crippen LogP contribution in [0.2, 0.25) is 0 Å². The molecule has 0 unspecified atom stereocenters. The van der Waals surface area contributed by atoms with Gasteiger partial charge in [0.1, 0.15) is 5.75 Å². The number of phenols is 1. The number of hydrogen-bond acceptors (Lipinski definition) is 3. The summed E-state index contributed by atoms with van der Waals surface area (Å²) < 4.78 is 1.88. The molecule has 68 valence electrons. The number of benzene rings is 1. The number of halogens is 1. The van der Waals surface area contributed by atoms with Gasteiger partial charge in [-0.1, -0.05) is 0 Å². The molecule has 0 spiro atoms. The predicted octanol–water partition coefficient (Wildman–Crippen LogP) is 3.38. The van der Waals surface area contributed by atoms with E-state index >= 15 is 0 Å². The van der Waals surface area contributed by atoms with Crippen molar-refractivity contribution in [3.8, 4) is 5.75 Å². The van der Waals surface area contributed by atoms with Crippen LogP contribution in [0.1, 0.15) is 11.1 Å². The number of hydrogen-bond donors (Lipinski definition) is 1. The molecule has 4 heteroatoms. The highest BCUT2D eigenvalue weighted by Gasteiger charge is 2.09. The third kappa shape index (κ3) is 1.34. The number of aryl methyl sites for hydroxylation is 1. The van der Waals surface area contributed by atoms with Crippen molar-refractivity contribution in [2.24, 2.45) is 0 Å². The summed E-state index contributed by atoms with van der Waals surface area (Å²) in [5.41, 5.74) is 2.94. The molecule has 0 aliphatic rings. The van der Waals surface area contributed by atoms with Gasteiger partial charge >= 0.3 is 0 Å². The van der Waals surface area contributed by atoms with Crippen molar-refractivity contribution in [1.82, 2.24) is 4.98 Å². The summed E-state index contributed by atoms with van der Waals surface area (Å²) in [4.78, 5) is 4.34. The molecule has 13 heavy (non-hydrogen) atoms. The Labute approximate surface area is 88.4 Å². The van der Waals surface area contributed by atoms with Gasteiger partial charge in [0.15, 0.2) is 3.92 Å². The molecule has 2 rings (SSSR count). The van der Waals surface area contributed by atoms with E-state index in [9.17, 15) is 5.11 Å². The number of rotatable bonds is 0. The van der Waals surface area contributed by atoms with Crippen LogP contribution in [0.15, 0.2) is 9.98 Å². The van der Waals surface area contributed by atoms with Crippen LogP contribution in [0, 0.1) is 13.8 Å². The van der Waals surface area contributed by atoms with Gasteiger partial charge in [0.2, 0.25) is 0 Å². The van der Waals surface area contributed by atoms with Crippen molar-refractivity contribution in [2.45, 2.75) is 13.8 Å². The Balaban J connectivity index is 2.92. The minimum Gasteiger partial charge on any atom is -0.508 e. The van der Waals surface area contributed by atoms with Crippen LogP contribution >= 0.6 is 27.3 Å². The van der Waals surface area contributed by atoms with Gasteiger partial charge in [-0.2, -0.15) is 0 Å². The molecule has 0 amide bonds. The lowest BCUT2D eigenvalue weighted by molar-refractivity contribution is 0.471. The molecule has 1 heterocycles. The molecule has 0 saturated carbocycles.